The summed E-state index contributed by atoms with van der Waals surface area (Å²) in [6, 6.07) is 14.3. The molecular weight excluding hydrogens is 320 g/mol. The Hall–Kier alpha value is -3.24. The quantitative estimate of drug-likeness (QED) is 0.596. The summed E-state index contributed by atoms with van der Waals surface area (Å²) in [6.07, 6.45) is 3.22. The monoisotopic (exact) mass is 332 g/mol. The number of fused-ring (bicyclic) bond motifs is 1. The van der Waals surface area contributed by atoms with Gasteiger partial charge in [0.25, 0.3) is 0 Å². The second kappa shape index (κ2) is 6.10. The molecular formula is C17H12N6S. The fourth-order valence-electron chi connectivity index (χ4n) is 2.48. The van der Waals surface area contributed by atoms with Crippen LogP contribution in [0.4, 0.5) is 5.82 Å². The minimum atomic E-state index is 0.640. The van der Waals surface area contributed by atoms with Gasteiger partial charge in [-0.15, -0.1) is 11.3 Å². The first kappa shape index (κ1) is 14.4. The van der Waals surface area contributed by atoms with Crippen molar-refractivity contribution in [1.29, 1.82) is 5.26 Å². The Balaban J connectivity index is 1.56. The van der Waals surface area contributed by atoms with E-state index >= 15 is 0 Å². The van der Waals surface area contributed by atoms with Gasteiger partial charge in [-0.1, -0.05) is 18.2 Å². The second-order valence-corrected chi connectivity index (χ2v) is 6.27. The Morgan fingerprint density at radius 3 is 3.04 bits per heavy atom. The molecule has 0 aliphatic rings. The molecule has 1 aromatic carbocycles. The molecule has 0 saturated carbocycles. The molecule has 3 aromatic heterocycles. The molecule has 24 heavy (non-hydrogen) atoms. The Morgan fingerprint density at radius 2 is 2.17 bits per heavy atom. The number of nitrogens with zero attached hydrogens (tertiary/aromatic N) is 4. The number of thiophene rings is 1. The lowest BCUT2D eigenvalue weighted by molar-refractivity contribution is 1.08. The Bertz CT molecular complexity index is 1040. The van der Waals surface area contributed by atoms with Gasteiger partial charge in [0.1, 0.15) is 23.1 Å². The fraction of sp³-hybridized carbons (Fsp3) is 0.0588. The molecule has 0 amide bonds. The van der Waals surface area contributed by atoms with E-state index in [4.69, 9.17) is 5.26 Å². The van der Waals surface area contributed by atoms with Crippen LogP contribution in [0.3, 0.4) is 0 Å². The zero-order valence-electron chi connectivity index (χ0n) is 12.5. The van der Waals surface area contributed by atoms with Crippen LogP contribution in [0.5, 0.6) is 0 Å². The largest absolute Gasteiger partial charge is 0.365 e. The van der Waals surface area contributed by atoms with Crippen molar-refractivity contribution < 1.29 is 0 Å². The molecule has 2 N–H and O–H groups in total. The highest BCUT2D eigenvalue weighted by Crippen LogP contribution is 2.28. The van der Waals surface area contributed by atoms with E-state index in [-0.39, 0.29) is 0 Å². The van der Waals surface area contributed by atoms with Gasteiger partial charge in [0.05, 0.1) is 11.6 Å². The number of benzene rings is 1. The van der Waals surface area contributed by atoms with E-state index in [0.29, 0.717) is 12.2 Å². The van der Waals surface area contributed by atoms with Crippen molar-refractivity contribution in [3.8, 4) is 16.5 Å². The van der Waals surface area contributed by atoms with E-state index in [2.05, 4.69) is 49.8 Å². The highest BCUT2D eigenvalue weighted by atomic mass is 32.1. The average Bonchev–Trinajstić information content (AvgIpc) is 3.29. The highest BCUT2D eigenvalue weighted by molar-refractivity contribution is 7.16. The second-order valence-electron chi connectivity index (χ2n) is 5.18. The van der Waals surface area contributed by atoms with Crippen LogP contribution in [0.15, 0.2) is 48.9 Å². The number of hydrogen-bond donors (Lipinski definition) is 2. The van der Waals surface area contributed by atoms with Crippen LogP contribution >= 0.6 is 11.3 Å². The van der Waals surface area contributed by atoms with Gasteiger partial charge >= 0.3 is 0 Å². The first-order chi connectivity index (χ1) is 11.8. The third-order valence-corrected chi connectivity index (χ3v) is 4.67. The summed E-state index contributed by atoms with van der Waals surface area (Å²) >= 11 is 1.50. The number of nitrogens with one attached hydrogen (secondary N) is 2. The first-order valence-corrected chi connectivity index (χ1v) is 8.12. The van der Waals surface area contributed by atoms with E-state index in [9.17, 15) is 0 Å². The van der Waals surface area contributed by atoms with Crippen molar-refractivity contribution in [2.24, 2.45) is 0 Å². The van der Waals surface area contributed by atoms with Crippen molar-refractivity contribution in [2.45, 2.75) is 6.54 Å². The molecule has 4 rings (SSSR count). The van der Waals surface area contributed by atoms with Gasteiger partial charge in [-0.05, 0) is 29.3 Å². The summed E-state index contributed by atoms with van der Waals surface area (Å²) in [5.74, 6) is 0.752. The predicted molar refractivity (Wildman–Crippen MR) is 93.5 cm³/mol. The number of aromatic nitrogens is 4. The van der Waals surface area contributed by atoms with Gasteiger partial charge in [0, 0.05) is 11.4 Å². The predicted octanol–water partition coefficient (Wildman–Crippen LogP) is 3.57. The van der Waals surface area contributed by atoms with E-state index in [1.165, 1.54) is 17.7 Å². The average molecular weight is 332 g/mol. The van der Waals surface area contributed by atoms with E-state index in [1.807, 2.05) is 18.2 Å². The molecule has 7 heteroatoms. The maximum absolute atomic E-state index is 8.96. The third-order valence-electron chi connectivity index (χ3n) is 3.64. The molecule has 116 valence electrons. The molecule has 0 bridgehead atoms. The topological polar surface area (TPSA) is 90.3 Å². The molecule has 0 aliphatic heterocycles. The van der Waals surface area contributed by atoms with E-state index < -0.39 is 0 Å². The number of hydrogen-bond acceptors (Lipinski definition) is 6. The normalized spacial score (nSPS) is 10.6. The maximum Gasteiger partial charge on any atom is 0.160 e. The molecule has 0 atom stereocenters. The molecule has 0 saturated heterocycles. The van der Waals surface area contributed by atoms with Crippen LogP contribution in [-0.4, -0.2) is 20.2 Å². The zero-order chi connectivity index (χ0) is 16.4. The number of H-pyrrole nitrogens is 1. The SMILES string of the molecule is N#Cc1ccc(-c2cccc(CNc3ncnc4[nH]ncc34)c2)s1. The molecule has 0 unspecified atom stereocenters. The standard InChI is InChI=1S/C17H12N6S/c18-7-13-4-5-15(24-13)12-3-1-2-11(6-12)8-19-16-14-9-22-23-17(14)21-10-20-16/h1-6,9-10H,8H2,(H2,19,20,21,22,23). The van der Waals surface area contributed by atoms with Gasteiger partial charge in [0.2, 0.25) is 0 Å². The molecule has 0 spiro atoms. The summed E-state index contributed by atoms with van der Waals surface area (Å²) in [5, 5.41) is 20.0. The summed E-state index contributed by atoms with van der Waals surface area (Å²) in [7, 11) is 0. The van der Waals surface area contributed by atoms with Gasteiger partial charge in [-0.3, -0.25) is 5.10 Å². The lowest BCUT2D eigenvalue weighted by Crippen LogP contribution is -2.02. The van der Waals surface area contributed by atoms with Crippen LogP contribution in [-0.2, 0) is 6.54 Å². The van der Waals surface area contributed by atoms with Gasteiger partial charge in [-0.25, -0.2) is 9.97 Å². The Kier molecular flexibility index (Phi) is 3.65. The third kappa shape index (κ3) is 2.71. The Labute approximate surface area is 141 Å². The smallest absolute Gasteiger partial charge is 0.160 e. The summed E-state index contributed by atoms with van der Waals surface area (Å²) in [6.45, 7) is 0.640. The Morgan fingerprint density at radius 1 is 1.21 bits per heavy atom. The molecule has 0 fully saturated rings. The van der Waals surface area contributed by atoms with Crippen molar-refractivity contribution in [2.75, 3.05) is 5.32 Å². The van der Waals surface area contributed by atoms with Crippen LogP contribution < -0.4 is 5.32 Å². The lowest BCUT2D eigenvalue weighted by Gasteiger charge is -2.07. The van der Waals surface area contributed by atoms with Crippen molar-refractivity contribution >= 4 is 28.2 Å². The number of nitriles is 1. The van der Waals surface area contributed by atoms with Crippen molar-refractivity contribution in [3.05, 3.63) is 59.4 Å². The minimum absolute atomic E-state index is 0.640. The highest BCUT2D eigenvalue weighted by Gasteiger charge is 2.06. The summed E-state index contributed by atoms with van der Waals surface area (Å²) in [5.41, 5.74) is 2.95. The molecule has 0 aliphatic carbocycles. The number of anilines is 1. The lowest BCUT2D eigenvalue weighted by atomic mass is 10.1. The van der Waals surface area contributed by atoms with Gasteiger partial charge in [0.15, 0.2) is 5.65 Å². The van der Waals surface area contributed by atoms with E-state index in [0.717, 1.165) is 32.1 Å². The van der Waals surface area contributed by atoms with Crippen molar-refractivity contribution in [1.82, 2.24) is 20.2 Å². The molecule has 6 nitrogen and oxygen atoms in total. The van der Waals surface area contributed by atoms with E-state index in [1.54, 1.807) is 6.20 Å². The van der Waals surface area contributed by atoms with Gasteiger partial charge in [-0.2, -0.15) is 10.4 Å². The van der Waals surface area contributed by atoms with Crippen LogP contribution in [0.1, 0.15) is 10.4 Å². The number of aromatic amines is 1. The molecule has 4 aromatic rings. The minimum Gasteiger partial charge on any atom is -0.365 e. The molecule has 0 radical (unpaired) electrons. The van der Waals surface area contributed by atoms with Crippen LogP contribution in [0, 0.1) is 11.3 Å². The summed E-state index contributed by atoms with van der Waals surface area (Å²) in [4.78, 5) is 10.2. The first-order valence-electron chi connectivity index (χ1n) is 7.31. The maximum atomic E-state index is 8.96. The summed E-state index contributed by atoms with van der Waals surface area (Å²) < 4.78 is 0. The fourth-order valence-corrected chi connectivity index (χ4v) is 3.28. The number of rotatable bonds is 4. The van der Waals surface area contributed by atoms with Gasteiger partial charge < -0.3 is 5.32 Å². The zero-order valence-corrected chi connectivity index (χ0v) is 13.3. The van der Waals surface area contributed by atoms with Crippen LogP contribution in [0.2, 0.25) is 0 Å². The van der Waals surface area contributed by atoms with Crippen LogP contribution in [0.25, 0.3) is 21.5 Å². The molecule has 3 heterocycles. The van der Waals surface area contributed by atoms with Crippen molar-refractivity contribution in [3.63, 3.8) is 0 Å².